The largest absolute Gasteiger partial charge is 0.257 e. The van der Waals surface area contributed by atoms with Gasteiger partial charge in [-0.25, -0.2) is 0 Å². The van der Waals surface area contributed by atoms with Crippen molar-refractivity contribution in [1.82, 2.24) is 0 Å². The van der Waals surface area contributed by atoms with Gasteiger partial charge in [-0.05, 0) is 42.1 Å². The first-order valence-electron chi connectivity index (χ1n) is 7.93. The number of aryl methyl sites for hydroxylation is 1. The Labute approximate surface area is 151 Å². The highest BCUT2D eigenvalue weighted by atomic mass is 35.5. The van der Waals surface area contributed by atoms with Gasteiger partial charge in [0.05, 0.1) is 17.4 Å². The van der Waals surface area contributed by atoms with Gasteiger partial charge in [-0.3, -0.25) is 5.01 Å². The molecule has 0 amide bonds. The van der Waals surface area contributed by atoms with Crippen molar-refractivity contribution in [1.29, 1.82) is 0 Å². The number of benzene rings is 2. The molecule has 0 unspecified atom stereocenters. The second-order valence-corrected chi connectivity index (χ2v) is 7.39. The summed E-state index contributed by atoms with van der Waals surface area (Å²) in [5.41, 5.74) is 4.60. The SMILES string of the molecule is Cc1ccc(C2=NN(c3cccc(Cl)c3)[C@@H](c3cccs3)C2)cc1. The molecule has 0 saturated heterocycles. The van der Waals surface area contributed by atoms with Crippen molar-refractivity contribution in [2.24, 2.45) is 5.10 Å². The van der Waals surface area contributed by atoms with E-state index < -0.39 is 0 Å². The lowest BCUT2D eigenvalue weighted by Gasteiger charge is -2.22. The normalized spacial score (nSPS) is 17.2. The number of anilines is 1. The first kappa shape index (κ1) is 15.4. The molecule has 0 bridgehead atoms. The van der Waals surface area contributed by atoms with E-state index in [1.807, 2.05) is 18.2 Å². The quantitative estimate of drug-likeness (QED) is 0.559. The number of hydrogen-bond donors (Lipinski definition) is 0. The second-order valence-electron chi connectivity index (χ2n) is 5.97. The van der Waals surface area contributed by atoms with Gasteiger partial charge in [-0.1, -0.05) is 53.6 Å². The van der Waals surface area contributed by atoms with Gasteiger partial charge in [0.25, 0.3) is 0 Å². The minimum absolute atomic E-state index is 0.222. The summed E-state index contributed by atoms with van der Waals surface area (Å²) < 4.78 is 0. The van der Waals surface area contributed by atoms with Crippen molar-refractivity contribution in [3.8, 4) is 0 Å². The molecule has 0 N–H and O–H groups in total. The van der Waals surface area contributed by atoms with E-state index in [0.29, 0.717) is 0 Å². The lowest BCUT2D eigenvalue weighted by molar-refractivity contribution is 0.722. The summed E-state index contributed by atoms with van der Waals surface area (Å²) in [4.78, 5) is 1.32. The summed E-state index contributed by atoms with van der Waals surface area (Å²) in [5.74, 6) is 0. The van der Waals surface area contributed by atoms with Gasteiger partial charge in [0.15, 0.2) is 0 Å². The molecule has 4 heteroatoms. The van der Waals surface area contributed by atoms with E-state index in [0.717, 1.165) is 22.8 Å². The maximum absolute atomic E-state index is 6.19. The summed E-state index contributed by atoms with van der Waals surface area (Å²) in [6.45, 7) is 2.10. The average Bonchev–Trinajstić information content (AvgIpc) is 3.25. The number of hydrazone groups is 1. The number of thiophene rings is 1. The zero-order valence-corrected chi connectivity index (χ0v) is 14.9. The standard InChI is InChI=1S/C20H17ClN2S/c1-14-7-9-15(10-8-14)18-13-19(20-6-3-11-24-20)23(22-18)17-5-2-4-16(21)12-17/h2-12,19H,13H2,1H3/t19-/m1/s1. The maximum Gasteiger partial charge on any atom is 0.0923 e. The topological polar surface area (TPSA) is 15.6 Å². The van der Waals surface area contributed by atoms with Gasteiger partial charge in [-0.2, -0.15) is 5.10 Å². The molecule has 0 fully saturated rings. The first-order chi connectivity index (χ1) is 11.7. The second kappa shape index (κ2) is 6.42. The Morgan fingerprint density at radius 3 is 2.62 bits per heavy atom. The van der Waals surface area contributed by atoms with E-state index in [2.05, 4.69) is 59.8 Å². The molecule has 24 heavy (non-hydrogen) atoms. The number of hydrogen-bond acceptors (Lipinski definition) is 3. The fourth-order valence-corrected chi connectivity index (χ4v) is 3.99. The third kappa shape index (κ3) is 2.97. The van der Waals surface area contributed by atoms with Gasteiger partial charge in [0.1, 0.15) is 0 Å². The molecule has 1 aliphatic heterocycles. The van der Waals surface area contributed by atoms with Gasteiger partial charge >= 0.3 is 0 Å². The summed E-state index contributed by atoms with van der Waals surface area (Å²) >= 11 is 7.97. The third-order valence-corrected chi connectivity index (χ3v) is 5.45. The average molecular weight is 353 g/mol. The summed E-state index contributed by atoms with van der Waals surface area (Å²) in [6.07, 6.45) is 0.899. The molecule has 2 heterocycles. The van der Waals surface area contributed by atoms with E-state index in [1.54, 1.807) is 11.3 Å². The van der Waals surface area contributed by atoms with Crippen LogP contribution in [0.5, 0.6) is 0 Å². The summed E-state index contributed by atoms with van der Waals surface area (Å²) in [5, 5.41) is 9.89. The monoisotopic (exact) mass is 352 g/mol. The van der Waals surface area contributed by atoms with Crippen molar-refractivity contribution in [3.05, 3.63) is 87.1 Å². The molecule has 0 spiro atoms. The van der Waals surface area contributed by atoms with Gasteiger partial charge in [-0.15, -0.1) is 11.3 Å². The van der Waals surface area contributed by atoms with Crippen LogP contribution in [0, 0.1) is 6.92 Å². The summed E-state index contributed by atoms with van der Waals surface area (Å²) in [6, 6.07) is 21.0. The molecule has 0 aliphatic carbocycles. The first-order valence-corrected chi connectivity index (χ1v) is 9.19. The van der Waals surface area contributed by atoms with E-state index >= 15 is 0 Å². The smallest absolute Gasteiger partial charge is 0.0923 e. The predicted octanol–water partition coefficient (Wildman–Crippen LogP) is 6.07. The Hall–Kier alpha value is -2.10. The number of nitrogens with zero attached hydrogens (tertiary/aromatic N) is 2. The highest BCUT2D eigenvalue weighted by molar-refractivity contribution is 7.10. The summed E-state index contributed by atoms with van der Waals surface area (Å²) in [7, 11) is 0. The van der Waals surface area contributed by atoms with Crippen LogP contribution in [0.1, 0.15) is 28.5 Å². The lowest BCUT2D eigenvalue weighted by Crippen LogP contribution is -2.17. The minimum atomic E-state index is 0.222. The highest BCUT2D eigenvalue weighted by Gasteiger charge is 2.30. The molecule has 2 aromatic carbocycles. The predicted molar refractivity (Wildman–Crippen MR) is 103 cm³/mol. The van der Waals surface area contributed by atoms with E-state index in [-0.39, 0.29) is 6.04 Å². The number of halogens is 1. The van der Waals surface area contributed by atoms with Crippen molar-refractivity contribution in [2.45, 2.75) is 19.4 Å². The Kier molecular flexibility index (Phi) is 4.13. The zero-order valence-electron chi connectivity index (χ0n) is 13.3. The van der Waals surface area contributed by atoms with Crippen LogP contribution in [0.3, 0.4) is 0 Å². The highest BCUT2D eigenvalue weighted by Crippen LogP contribution is 2.39. The lowest BCUT2D eigenvalue weighted by atomic mass is 10.0. The van der Waals surface area contributed by atoms with Gasteiger partial charge < -0.3 is 0 Å². The van der Waals surface area contributed by atoms with E-state index in [4.69, 9.17) is 16.7 Å². The van der Waals surface area contributed by atoms with Crippen LogP contribution in [0.25, 0.3) is 0 Å². The van der Waals surface area contributed by atoms with Crippen LogP contribution >= 0.6 is 22.9 Å². The van der Waals surface area contributed by atoms with E-state index in [9.17, 15) is 0 Å². The van der Waals surface area contributed by atoms with Crippen molar-refractivity contribution < 1.29 is 0 Å². The van der Waals surface area contributed by atoms with Gasteiger partial charge in [0.2, 0.25) is 0 Å². The molecular weight excluding hydrogens is 336 g/mol. The van der Waals surface area contributed by atoms with Crippen molar-refractivity contribution in [2.75, 3.05) is 5.01 Å². The fraction of sp³-hybridized carbons (Fsp3) is 0.150. The van der Waals surface area contributed by atoms with Crippen LogP contribution in [-0.4, -0.2) is 5.71 Å². The molecule has 0 saturated carbocycles. The van der Waals surface area contributed by atoms with Crippen LogP contribution in [0.4, 0.5) is 5.69 Å². The maximum atomic E-state index is 6.19. The third-order valence-electron chi connectivity index (χ3n) is 4.24. The molecule has 1 atom stereocenters. The molecular formula is C20H17ClN2S. The molecule has 4 rings (SSSR count). The Morgan fingerprint density at radius 2 is 1.92 bits per heavy atom. The molecule has 0 radical (unpaired) electrons. The molecule has 1 aliphatic rings. The fourth-order valence-electron chi connectivity index (χ4n) is 2.99. The molecule has 3 aromatic rings. The van der Waals surface area contributed by atoms with Crippen LogP contribution in [-0.2, 0) is 0 Å². The molecule has 2 nitrogen and oxygen atoms in total. The number of rotatable bonds is 3. The molecule has 120 valence electrons. The Balaban J connectivity index is 1.75. The molecule has 1 aromatic heterocycles. The minimum Gasteiger partial charge on any atom is -0.257 e. The van der Waals surface area contributed by atoms with Gasteiger partial charge in [0, 0.05) is 16.3 Å². The van der Waals surface area contributed by atoms with Crippen molar-refractivity contribution in [3.63, 3.8) is 0 Å². The Morgan fingerprint density at radius 1 is 1.08 bits per heavy atom. The van der Waals surface area contributed by atoms with Crippen LogP contribution < -0.4 is 5.01 Å². The Bertz CT molecular complexity index is 869. The van der Waals surface area contributed by atoms with Crippen molar-refractivity contribution >= 4 is 34.3 Å². The van der Waals surface area contributed by atoms with Crippen LogP contribution in [0.2, 0.25) is 5.02 Å². The van der Waals surface area contributed by atoms with Crippen LogP contribution in [0.15, 0.2) is 71.1 Å². The zero-order chi connectivity index (χ0) is 16.5. The van der Waals surface area contributed by atoms with E-state index in [1.165, 1.54) is 16.0 Å².